The topological polar surface area (TPSA) is 161 Å². The van der Waals surface area contributed by atoms with E-state index < -0.39 is 41.4 Å². The number of likely N-dealkylation sites (tertiary alicyclic amines) is 2. The van der Waals surface area contributed by atoms with Gasteiger partial charge in [0.1, 0.15) is 16.9 Å². The van der Waals surface area contributed by atoms with Gasteiger partial charge in [-0.05, 0) is 80.2 Å². The van der Waals surface area contributed by atoms with Gasteiger partial charge in [0.15, 0.2) is 0 Å². The lowest BCUT2D eigenvalue weighted by molar-refractivity contribution is -0.163. The second kappa shape index (κ2) is 13.5. The van der Waals surface area contributed by atoms with Crippen LogP contribution in [0.15, 0.2) is 15.6 Å². The minimum atomic E-state index is -1.10. The number of carboxylic acid groups (broad SMARTS) is 1. The predicted octanol–water partition coefficient (Wildman–Crippen LogP) is 3.48. The van der Waals surface area contributed by atoms with E-state index in [0.717, 1.165) is 43.8 Å². The molecule has 3 saturated heterocycles. The molecule has 0 bridgehead atoms. The van der Waals surface area contributed by atoms with Gasteiger partial charge in [-0.2, -0.15) is 0 Å². The van der Waals surface area contributed by atoms with Crippen LogP contribution in [0.4, 0.5) is 9.59 Å². The van der Waals surface area contributed by atoms with Crippen LogP contribution in [0.1, 0.15) is 74.7 Å². The summed E-state index contributed by atoms with van der Waals surface area (Å²) in [6.45, 7) is 17.9. The van der Waals surface area contributed by atoms with Gasteiger partial charge in [0.05, 0.1) is 18.1 Å². The molecule has 5 atom stereocenters. The van der Waals surface area contributed by atoms with Crippen molar-refractivity contribution >= 4 is 41.8 Å². The van der Waals surface area contributed by atoms with Gasteiger partial charge in [-0.25, -0.2) is 14.4 Å². The molecule has 4 aliphatic heterocycles. The van der Waals surface area contributed by atoms with Gasteiger partial charge >= 0.3 is 18.2 Å². The van der Waals surface area contributed by atoms with E-state index in [1.807, 2.05) is 11.8 Å². The number of aliphatic carboxylic acids is 1. The van der Waals surface area contributed by atoms with Gasteiger partial charge in [0.25, 0.3) is 0 Å². The maximum atomic E-state index is 12.7. The molecule has 0 spiro atoms. The Morgan fingerprint density at radius 2 is 1.67 bits per heavy atom. The zero-order valence-corrected chi connectivity index (χ0v) is 28.5. The van der Waals surface area contributed by atoms with Crippen LogP contribution in [0.2, 0.25) is 0 Å². The molecule has 4 aliphatic rings. The van der Waals surface area contributed by atoms with Crippen molar-refractivity contribution in [2.24, 2.45) is 22.7 Å². The van der Waals surface area contributed by atoms with Crippen molar-refractivity contribution in [2.75, 3.05) is 32.7 Å². The zero-order chi connectivity index (χ0) is 33.4. The first-order valence-electron chi connectivity index (χ1n) is 15.8. The third-order valence-corrected chi connectivity index (χ3v) is 10.0. The smallest absolute Gasteiger partial charge is 0.437 e. The minimum Gasteiger partial charge on any atom is -0.477 e. The van der Waals surface area contributed by atoms with Crippen LogP contribution >= 0.6 is 11.8 Å². The summed E-state index contributed by atoms with van der Waals surface area (Å²) in [5.74, 6) is -1.59. The normalized spacial score (nSPS) is 27.3. The Morgan fingerprint density at radius 1 is 1.04 bits per heavy atom. The number of ether oxygens (including phenoxy) is 2. The number of β-lactam (4-membered cyclic amide) rings is 1. The maximum Gasteiger partial charge on any atom is 0.437 e. The number of amides is 3. The highest BCUT2D eigenvalue weighted by molar-refractivity contribution is 8.03. The number of carboxylic acids is 1. The molecule has 0 radical (unpaired) electrons. The molecule has 0 aromatic carbocycles. The fraction of sp³-hybridized carbons (Fsp3) is 0.774. The lowest BCUT2D eigenvalue weighted by Crippen LogP contribution is -2.63. The van der Waals surface area contributed by atoms with Crippen molar-refractivity contribution in [1.29, 1.82) is 0 Å². The predicted molar refractivity (Wildman–Crippen MR) is 169 cm³/mol. The fourth-order valence-corrected chi connectivity index (χ4v) is 8.07. The van der Waals surface area contributed by atoms with E-state index in [1.54, 1.807) is 60.2 Å². The van der Waals surface area contributed by atoms with E-state index >= 15 is 0 Å². The summed E-state index contributed by atoms with van der Waals surface area (Å²) in [5.41, 5.74) is -1.36. The molecule has 4 heterocycles. The minimum absolute atomic E-state index is 0.0778. The molecule has 0 saturated carbocycles. The Morgan fingerprint density at radius 3 is 2.22 bits per heavy atom. The van der Waals surface area contributed by atoms with E-state index in [-0.39, 0.29) is 34.8 Å². The number of hydrogen-bond acceptors (Lipinski definition) is 9. The molecule has 14 heteroatoms. The SMILES string of the molecule is C[C@@H](O)[C@H]1C(=O)N2C(C(=O)O)=C(SC3CCN(CC4CCN(C(=NC(=O)OC(C)(C)C)NC(=O)OC(C)(C)C)CC4)C3)[C@H](C)[C@H]12. The summed E-state index contributed by atoms with van der Waals surface area (Å²) >= 11 is 1.57. The molecule has 45 heavy (non-hydrogen) atoms. The number of piperidine rings is 1. The number of guanidine groups is 1. The van der Waals surface area contributed by atoms with Gasteiger partial charge in [-0.3, -0.25) is 10.1 Å². The number of alkyl carbamates (subject to hydrolysis) is 1. The van der Waals surface area contributed by atoms with E-state index in [4.69, 9.17) is 9.47 Å². The number of aliphatic imine (C=N–C) groups is 1. The Hall–Kier alpha value is -2.84. The zero-order valence-electron chi connectivity index (χ0n) is 27.7. The largest absolute Gasteiger partial charge is 0.477 e. The molecule has 0 aliphatic carbocycles. The van der Waals surface area contributed by atoms with E-state index in [0.29, 0.717) is 19.0 Å². The van der Waals surface area contributed by atoms with Crippen LogP contribution in [0.5, 0.6) is 0 Å². The van der Waals surface area contributed by atoms with Crippen LogP contribution in [0.3, 0.4) is 0 Å². The van der Waals surface area contributed by atoms with Gasteiger partial charge < -0.3 is 34.4 Å². The monoisotopic (exact) mass is 651 g/mol. The van der Waals surface area contributed by atoms with Crippen molar-refractivity contribution in [3.63, 3.8) is 0 Å². The lowest BCUT2D eigenvalue weighted by atomic mass is 9.79. The molecule has 252 valence electrons. The summed E-state index contributed by atoms with van der Waals surface area (Å²) in [6.07, 6.45) is 0.287. The highest BCUT2D eigenvalue weighted by atomic mass is 32.2. The van der Waals surface area contributed by atoms with Crippen LogP contribution in [0, 0.1) is 17.8 Å². The molecule has 3 N–H and O–H groups in total. The first-order chi connectivity index (χ1) is 20.8. The molecule has 13 nitrogen and oxygen atoms in total. The van der Waals surface area contributed by atoms with Crippen molar-refractivity contribution in [2.45, 2.75) is 103 Å². The summed E-state index contributed by atoms with van der Waals surface area (Å²) in [7, 11) is 0. The maximum absolute atomic E-state index is 12.7. The number of nitrogens with zero attached hydrogens (tertiary/aromatic N) is 4. The molecule has 0 aromatic rings. The Bertz CT molecular complexity index is 1230. The van der Waals surface area contributed by atoms with Crippen LogP contribution in [-0.4, -0.2) is 116 Å². The van der Waals surface area contributed by atoms with Crippen molar-refractivity contribution < 1.29 is 38.9 Å². The van der Waals surface area contributed by atoms with Crippen LogP contribution < -0.4 is 5.32 Å². The number of aliphatic hydroxyl groups excluding tert-OH is 1. The Balaban J connectivity index is 1.33. The average Bonchev–Trinajstić information content (AvgIpc) is 3.42. The second-order valence-corrected chi connectivity index (χ2v) is 15.9. The molecule has 0 aromatic heterocycles. The third kappa shape index (κ3) is 8.50. The van der Waals surface area contributed by atoms with Crippen LogP contribution in [-0.2, 0) is 19.1 Å². The molecular formula is C31H49N5O8S. The lowest BCUT2D eigenvalue weighted by Gasteiger charge is -2.46. The molecule has 3 fully saturated rings. The van der Waals surface area contributed by atoms with Gasteiger partial charge in [-0.15, -0.1) is 16.8 Å². The first-order valence-corrected chi connectivity index (χ1v) is 16.7. The number of hydrogen-bond donors (Lipinski definition) is 3. The summed E-state index contributed by atoms with van der Waals surface area (Å²) in [4.78, 5) is 60.4. The third-order valence-electron chi connectivity index (χ3n) is 8.47. The number of fused-ring (bicyclic) bond motifs is 1. The fourth-order valence-electron chi connectivity index (χ4n) is 6.55. The number of carbonyl (C=O) groups is 4. The number of rotatable bonds is 6. The number of aliphatic hydroxyl groups is 1. The molecule has 3 amide bonds. The number of thioether (sulfide) groups is 1. The molecule has 1 unspecified atom stereocenters. The van der Waals surface area contributed by atoms with Gasteiger partial charge in [0.2, 0.25) is 11.9 Å². The van der Waals surface area contributed by atoms with Gasteiger partial charge in [0, 0.05) is 42.3 Å². The second-order valence-electron chi connectivity index (χ2n) is 14.5. The van der Waals surface area contributed by atoms with Gasteiger partial charge in [-0.1, -0.05) is 6.92 Å². The molecule has 4 rings (SSSR count). The van der Waals surface area contributed by atoms with Crippen molar-refractivity contribution in [1.82, 2.24) is 20.0 Å². The van der Waals surface area contributed by atoms with Crippen LogP contribution in [0.25, 0.3) is 0 Å². The number of carbonyl (C=O) groups excluding carboxylic acids is 3. The summed E-state index contributed by atoms with van der Waals surface area (Å²) in [5, 5.41) is 22.9. The standard InChI is InChI=1S/C31H49N5O8S/c1-17-22-21(18(2)37)25(38)36(22)23(26(39)40)24(17)45-20-11-12-34(16-20)15-19-9-13-35(14-10-19)27(32-28(41)43-30(3,4)5)33-29(42)44-31(6,7)8/h17-22,37H,9-16H2,1-8H3,(H,39,40)(H,32,33,41,42)/t17-,18-,20?,21-,22-/m1/s1. The van der Waals surface area contributed by atoms with E-state index in [2.05, 4.69) is 15.2 Å². The van der Waals surface area contributed by atoms with Crippen molar-refractivity contribution in [3.05, 3.63) is 10.6 Å². The number of nitrogens with one attached hydrogen (secondary N) is 1. The summed E-state index contributed by atoms with van der Waals surface area (Å²) in [6, 6.07) is -0.303. The molecular weight excluding hydrogens is 602 g/mol. The van der Waals surface area contributed by atoms with Crippen molar-refractivity contribution in [3.8, 4) is 0 Å². The van der Waals surface area contributed by atoms with E-state index in [1.165, 1.54) is 4.90 Å². The Kier molecular flexibility index (Phi) is 10.5. The highest BCUT2D eigenvalue weighted by Crippen LogP contribution is 2.52. The quantitative estimate of drug-likeness (QED) is 0.219. The average molecular weight is 652 g/mol. The first kappa shape index (κ1) is 35.0. The summed E-state index contributed by atoms with van der Waals surface area (Å²) < 4.78 is 10.7. The Labute approximate surface area is 269 Å². The highest BCUT2D eigenvalue weighted by Gasteiger charge is 2.60. The van der Waals surface area contributed by atoms with E-state index in [9.17, 15) is 29.4 Å².